The first kappa shape index (κ1) is 9.07. The van der Waals surface area contributed by atoms with E-state index in [1.54, 1.807) is 0 Å². The van der Waals surface area contributed by atoms with E-state index in [0.717, 1.165) is 25.8 Å². The van der Waals surface area contributed by atoms with Gasteiger partial charge in [-0.25, -0.2) is 0 Å². The van der Waals surface area contributed by atoms with Gasteiger partial charge in [-0.05, 0) is 12.8 Å². The molecule has 0 bridgehead atoms. The monoisotopic (exact) mass is 121 g/mol. The number of nitrogens with one attached hydrogen (secondary N) is 1. The summed E-state index contributed by atoms with van der Waals surface area (Å²) in [5, 5.41) is 2.81. The summed E-state index contributed by atoms with van der Waals surface area (Å²) in [6.07, 6.45) is 4.18. The van der Waals surface area contributed by atoms with Gasteiger partial charge in [0.25, 0.3) is 0 Å². The standard InChI is InChI=1S/C6H11NO.Li.H/c8-6-4-2-1-3-5-7-6;;/h1-5H2,(H,7,8);;. The molecule has 9 heavy (non-hydrogen) atoms. The second-order valence-electron chi connectivity index (χ2n) is 2.16. The Morgan fingerprint density at radius 1 is 1.22 bits per heavy atom. The number of hydrogen-bond acceptors (Lipinski definition) is 1. The summed E-state index contributed by atoms with van der Waals surface area (Å²) >= 11 is 0. The Kier molecular flexibility index (Phi) is 4.94. The van der Waals surface area contributed by atoms with Crippen molar-refractivity contribution in [2.45, 2.75) is 25.7 Å². The van der Waals surface area contributed by atoms with Crippen LogP contribution in [0.2, 0.25) is 0 Å². The van der Waals surface area contributed by atoms with E-state index in [-0.39, 0.29) is 24.8 Å². The Labute approximate surface area is 67.6 Å². The second kappa shape index (κ2) is 4.90. The minimum atomic E-state index is 0. The van der Waals surface area contributed by atoms with E-state index < -0.39 is 0 Å². The van der Waals surface area contributed by atoms with Gasteiger partial charge in [-0.2, -0.15) is 0 Å². The molecular weight excluding hydrogens is 109 g/mol. The first-order valence-electron chi connectivity index (χ1n) is 3.16. The van der Waals surface area contributed by atoms with E-state index in [1.807, 2.05) is 0 Å². The van der Waals surface area contributed by atoms with Crippen LogP contribution in [0.1, 0.15) is 25.7 Å². The van der Waals surface area contributed by atoms with Crippen LogP contribution in [0.3, 0.4) is 0 Å². The molecule has 0 aromatic rings. The summed E-state index contributed by atoms with van der Waals surface area (Å²) in [6.45, 7) is 0.888. The average molecular weight is 121 g/mol. The van der Waals surface area contributed by atoms with Crippen molar-refractivity contribution >= 4 is 24.8 Å². The Morgan fingerprint density at radius 2 is 2.00 bits per heavy atom. The Bertz CT molecular complexity index is 85.1. The second-order valence-corrected chi connectivity index (χ2v) is 2.16. The summed E-state index contributed by atoms with van der Waals surface area (Å²) in [4.78, 5) is 10.6. The van der Waals surface area contributed by atoms with Crippen molar-refractivity contribution in [2.75, 3.05) is 6.54 Å². The van der Waals surface area contributed by atoms with Crippen LogP contribution in [0, 0.1) is 0 Å². The van der Waals surface area contributed by atoms with Crippen LogP contribution in [0.15, 0.2) is 0 Å². The molecule has 0 aromatic heterocycles. The SMILES string of the molecule is O=C1CCCCCN1.[LiH]. The molecule has 0 saturated carbocycles. The Morgan fingerprint density at radius 3 is 2.78 bits per heavy atom. The van der Waals surface area contributed by atoms with Crippen molar-refractivity contribution < 1.29 is 4.79 Å². The van der Waals surface area contributed by atoms with E-state index in [1.165, 1.54) is 6.42 Å². The van der Waals surface area contributed by atoms with Gasteiger partial charge in [0, 0.05) is 13.0 Å². The van der Waals surface area contributed by atoms with Crippen molar-refractivity contribution in [1.29, 1.82) is 0 Å². The van der Waals surface area contributed by atoms with Crippen LogP contribution in [-0.2, 0) is 4.79 Å². The maximum absolute atomic E-state index is 10.6. The molecule has 1 N–H and O–H groups in total. The fraction of sp³-hybridized carbons (Fsp3) is 0.833. The quantitative estimate of drug-likeness (QED) is 0.450. The van der Waals surface area contributed by atoms with Crippen LogP contribution < -0.4 is 5.32 Å². The van der Waals surface area contributed by atoms with E-state index in [4.69, 9.17) is 0 Å². The van der Waals surface area contributed by atoms with Crippen molar-refractivity contribution in [3.05, 3.63) is 0 Å². The number of rotatable bonds is 0. The molecule has 0 radical (unpaired) electrons. The molecule has 2 nitrogen and oxygen atoms in total. The summed E-state index contributed by atoms with van der Waals surface area (Å²) in [5.74, 6) is 0.225. The van der Waals surface area contributed by atoms with Crippen molar-refractivity contribution in [2.24, 2.45) is 0 Å². The maximum atomic E-state index is 10.6. The van der Waals surface area contributed by atoms with Gasteiger partial charge < -0.3 is 5.32 Å². The van der Waals surface area contributed by atoms with E-state index in [9.17, 15) is 4.79 Å². The zero-order valence-corrected chi connectivity index (χ0v) is 4.94. The summed E-state index contributed by atoms with van der Waals surface area (Å²) in [6, 6.07) is 0. The molecule has 1 amide bonds. The van der Waals surface area contributed by atoms with Crippen LogP contribution in [0.4, 0.5) is 0 Å². The van der Waals surface area contributed by atoms with Gasteiger partial charge in [0.1, 0.15) is 0 Å². The number of amides is 1. The molecule has 1 saturated heterocycles. The third-order valence-corrected chi connectivity index (χ3v) is 1.40. The van der Waals surface area contributed by atoms with Gasteiger partial charge in [0.15, 0.2) is 0 Å². The number of carbonyl (C=O) groups is 1. The zero-order chi connectivity index (χ0) is 5.82. The zero-order valence-electron chi connectivity index (χ0n) is 4.94. The normalized spacial score (nSPS) is 19.3. The molecule has 1 aliphatic rings. The molecule has 0 atom stereocenters. The predicted octanol–water partition coefficient (Wildman–Crippen LogP) is 0.0281. The van der Waals surface area contributed by atoms with Crippen LogP contribution >= 0.6 is 0 Å². The van der Waals surface area contributed by atoms with Crippen molar-refractivity contribution in [3.63, 3.8) is 0 Å². The first-order valence-corrected chi connectivity index (χ1v) is 3.16. The molecule has 48 valence electrons. The fourth-order valence-electron chi connectivity index (χ4n) is 0.904. The topological polar surface area (TPSA) is 29.1 Å². The average Bonchev–Trinajstić information content (AvgIpc) is 1.94. The number of hydrogen-bond donors (Lipinski definition) is 1. The van der Waals surface area contributed by atoms with E-state index in [0.29, 0.717) is 0 Å². The Balaban J connectivity index is 0.000000640. The molecule has 1 rings (SSSR count). The van der Waals surface area contributed by atoms with Gasteiger partial charge in [0.2, 0.25) is 5.91 Å². The molecule has 0 aliphatic carbocycles. The van der Waals surface area contributed by atoms with Gasteiger partial charge in [-0.15, -0.1) is 0 Å². The Hall–Kier alpha value is 0.0674. The third kappa shape index (κ3) is 3.61. The molecule has 0 spiro atoms. The van der Waals surface area contributed by atoms with Crippen LogP contribution in [-0.4, -0.2) is 31.3 Å². The molecule has 1 fully saturated rings. The summed E-state index contributed by atoms with van der Waals surface area (Å²) in [7, 11) is 0. The van der Waals surface area contributed by atoms with Crippen molar-refractivity contribution in [1.82, 2.24) is 5.32 Å². The van der Waals surface area contributed by atoms with Crippen LogP contribution in [0.25, 0.3) is 0 Å². The van der Waals surface area contributed by atoms with Crippen molar-refractivity contribution in [3.8, 4) is 0 Å². The van der Waals surface area contributed by atoms with Gasteiger partial charge >= 0.3 is 18.9 Å². The molecule has 0 aromatic carbocycles. The molecule has 0 unspecified atom stereocenters. The van der Waals surface area contributed by atoms with Gasteiger partial charge in [0.05, 0.1) is 0 Å². The van der Waals surface area contributed by atoms with Gasteiger partial charge in [-0.1, -0.05) is 6.42 Å². The summed E-state index contributed by atoms with van der Waals surface area (Å²) < 4.78 is 0. The molecule has 1 heterocycles. The molecular formula is C6H12LiNO. The van der Waals surface area contributed by atoms with E-state index in [2.05, 4.69) is 5.32 Å². The third-order valence-electron chi connectivity index (χ3n) is 1.40. The first-order chi connectivity index (χ1) is 3.89. The minimum absolute atomic E-state index is 0. The van der Waals surface area contributed by atoms with Crippen LogP contribution in [0.5, 0.6) is 0 Å². The summed E-state index contributed by atoms with van der Waals surface area (Å²) in [5.41, 5.74) is 0. The molecule has 1 aliphatic heterocycles. The van der Waals surface area contributed by atoms with E-state index >= 15 is 0 Å². The molecule has 3 heteroatoms. The fourth-order valence-corrected chi connectivity index (χ4v) is 0.904. The number of carbonyl (C=O) groups excluding carboxylic acids is 1. The predicted molar refractivity (Wildman–Crippen MR) is 38.6 cm³/mol. The van der Waals surface area contributed by atoms with Gasteiger partial charge in [-0.3, -0.25) is 4.79 Å².